The zero-order chi connectivity index (χ0) is 20.1. The fourth-order valence-corrected chi connectivity index (χ4v) is 3.57. The highest BCUT2D eigenvalue weighted by Gasteiger charge is 2.44. The molecule has 0 heterocycles. The third-order valence-electron chi connectivity index (χ3n) is 4.93. The standard InChI is InChI=1S/C20H19FN2O5/c21-15-7-5-6-14(12-15)20(10-3-4-11-20)19(25)28-13-18(24)22-16-8-1-2-9-17(16)23(26)27/h1-2,5-9,12H,3-4,10-11,13H2,(H,22,24). The van der Waals surface area contributed by atoms with Gasteiger partial charge in [-0.25, -0.2) is 4.39 Å². The first-order chi connectivity index (χ1) is 13.4. The van der Waals surface area contributed by atoms with Gasteiger partial charge in [0.2, 0.25) is 0 Å². The number of para-hydroxylation sites is 2. The number of nitrogens with one attached hydrogen (secondary N) is 1. The molecule has 1 aliphatic carbocycles. The van der Waals surface area contributed by atoms with Gasteiger partial charge in [0.15, 0.2) is 6.61 Å². The summed E-state index contributed by atoms with van der Waals surface area (Å²) < 4.78 is 18.9. The van der Waals surface area contributed by atoms with Crippen LogP contribution in [0.3, 0.4) is 0 Å². The first-order valence-electron chi connectivity index (χ1n) is 8.89. The number of carbonyl (C=O) groups is 2. The van der Waals surface area contributed by atoms with Gasteiger partial charge in [-0.1, -0.05) is 37.1 Å². The van der Waals surface area contributed by atoms with Crippen LogP contribution in [0.1, 0.15) is 31.2 Å². The Morgan fingerprint density at radius 2 is 1.86 bits per heavy atom. The van der Waals surface area contributed by atoms with Crippen LogP contribution in [0.25, 0.3) is 0 Å². The first-order valence-corrected chi connectivity index (χ1v) is 8.89. The van der Waals surface area contributed by atoms with Crippen molar-refractivity contribution < 1.29 is 23.6 Å². The van der Waals surface area contributed by atoms with Crippen molar-refractivity contribution in [3.8, 4) is 0 Å². The number of amides is 1. The van der Waals surface area contributed by atoms with Crippen molar-refractivity contribution in [1.29, 1.82) is 0 Å². The highest BCUT2D eigenvalue weighted by molar-refractivity contribution is 5.95. The summed E-state index contributed by atoms with van der Waals surface area (Å²) in [7, 11) is 0. The zero-order valence-corrected chi connectivity index (χ0v) is 15.0. The largest absolute Gasteiger partial charge is 0.455 e. The van der Waals surface area contributed by atoms with Crippen molar-refractivity contribution in [2.75, 3.05) is 11.9 Å². The normalized spacial score (nSPS) is 15.0. The van der Waals surface area contributed by atoms with Crippen molar-refractivity contribution in [2.45, 2.75) is 31.1 Å². The van der Waals surface area contributed by atoms with Gasteiger partial charge in [-0.15, -0.1) is 0 Å². The Morgan fingerprint density at radius 1 is 1.14 bits per heavy atom. The Balaban J connectivity index is 1.69. The summed E-state index contributed by atoms with van der Waals surface area (Å²) in [5.41, 5.74) is -0.668. The second-order valence-electron chi connectivity index (χ2n) is 6.70. The fourth-order valence-electron chi connectivity index (χ4n) is 3.57. The summed E-state index contributed by atoms with van der Waals surface area (Å²) in [5, 5.41) is 13.4. The van der Waals surface area contributed by atoms with Crippen LogP contribution in [0.2, 0.25) is 0 Å². The predicted molar refractivity (Wildman–Crippen MR) is 99.2 cm³/mol. The number of anilines is 1. The van der Waals surface area contributed by atoms with Gasteiger partial charge in [0.25, 0.3) is 11.6 Å². The minimum Gasteiger partial charge on any atom is -0.455 e. The Morgan fingerprint density at radius 3 is 2.54 bits per heavy atom. The van der Waals surface area contributed by atoms with Gasteiger partial charge in [0.1, 0.15) is 11.5 Å². The van der Waals surface area contributed by atoms with E-state index >= 15 is 0 Å². The van der Waals surface area contributed by atoms with Gasteiger partial charge < -0.3 is 10.1 Å². The van der Waals surface area contributed by atoms with Crippen LogP contribution < -0.4 is 5.32 Å². The Labute approximate surface area is 160 Å². The van der Waals surface area contributed by atoms with E-state index in [1.165, 1.54) is 30.3 Å². The van der Waals surface area contributed by atoms with E-state index in [0.29, 0.717) is 18.4 Å². The van der Waals surface area contributed by atoms with E-state index in [2.05, 4.69) is 5.32 Å². The maximum absolute atomic E-state index is 13.6. The van der Waals surface area contributed by atoms with Gasteiger partial charge in [-0.3, -0.25) is 19.7 Å². The van der Waals surface area contributed by atoms with Crippen LogP contribution in [-0.4, -0.2) is 23.4 Å². The average Bonchev–Trinajstić information content (AvgIpc) is 3.17. The van der Waals surface area contributed by atoms with Crippen LogP contribution in [0.4, 0.5) is 15.8 Å². The number of carbonyl (C=O) groups excluding carboxylic acids is 2. The lowest BCUT2D eigenvalue weighted by atomic mass is 9.79. The van der Waals surface area contributed by atoms with Gasteiger partial charge in [-0.05, 0) is 36.6 Å². The van der Waals surface area contributed by atoms with Crippen molar-refractivity contribution in [3.05, 3.63) is 70.0 Å². The number of nitro benzene ring substituents is 1. The topological polar surface area (TPSA) is 98.5 Å². The smallest absolute Gasteiger partial charge is 0.317 e. The zero-order valence-electron chi connectivity index (χ0n) is 15.0. The lowest BCUT2D eigenvalue weighted by Gasteiger charge is -2.27. The lowest BCUT2D eigenvalue weighted by Crippen LogP contribution is -2.36. The molecule has 0 aromatic heterocycles. The molecule has 0 aliphatic heterocycles. The molecule has 0 spiro atoms. The first kappa shape index (κ1) is 19.5. The monoisotopic (exact) mass is 386 g/mol. The summed E-state index contributed by atoms with van der Waals surface area (Å²) in [4.78, 5) is 35.3. The molecule has 0 bridgehead atoms. The third kappa shape index (κ3) is 4.00. The van der Waals surface area contributed by atoms with Gasteiger partial charge in [-0.2, -0.15) is 0 Å². The van der Waals surface area contributed by atoms with Crippen molar-refractivity contribution in [1.82, 2.24) is 0 Å². The van der Waals surface area contributed by atoms with Crippen LogP contribution in [0, 0.1) is 15.9 Å². The van der Waals surface area contributed by atoms with E-state index in [0.717, 1.165) is 12.8 Å². The molecule has 0 saturated heterocycles. The molecule has 1 N–H and O–H groups in total. The number of halogens is 1. The molecular weight excluding hydrogens is 367 g/mol. The minimum atomic E-state index is -0.971. The Bertz CT molecular complexity index is 909. The van der Waals surface area contributed by atoms with E-state index in [9.17, 15) is 24.1 Å². The molecule has 3 rings (SSSR count). The predicted octanol–water partition coefficient (Wildman–Crippen LogP) is 3.73. The summed E-state index contributed by atoms with van der Waals surface area (Å²) >= 11 is 0. The van der Waals surface area contributed by atoms with Gasteiger partial charge >= 0.3 is 5.97 Å². The molecule has 0 atom stereocenters. The van der Waals surface area contributed by atoms with Crippen LogP contribution in [0.5, 0.6) is 0 Å². The van der Waals surface area contributed by atoms with Crippen molar-refractivity contribution in [3.63, 3.8) is 0 Å². The maximum atomic E-state index is 13.6. The second-order valence-corrected chi connectivity index (χ2v) is 6.70. The fraction of sp³-hybridized carbons (Fsp3) is 0.300. The van der Waals surface area contributed by atoms with E-state index in [-0.39, 0.29) is 11.4 Å². The number of benzene rings is 2. The summed E-state index contributed by atoms with van der Waals surface area (Å²) in [6.07, 6.45) is 2.63. The van der Waals surface area contributed by atoms with Gasteiger partial charge in [0.05, 0.1) is 10.3 Å². The van der Waals surface area contributed by atoms with E-state index in [4.69, 9.17) is 4.74 Å². The average molecular weight is 386 g/mol. The molecule has 1 saturated carbocycles. The minimum absolute atomic E-state index is 0.0225. The van der Waals surface area contributed by atoms with E-state index in [1.54, 1.807) is 18.2 Å². The summed E-state index contributed by atoms with van der Waals surface area (Å²) in [5.74, 6) is -1.71. The number of rotatable bonds is 6. The van der Waals surface area contributed by atoms with E-state index < -0.39 is 34.6 Å². The molecule has 28 heavy (non-hydrogen) atoms. The molecule has 0 radical (unpaired) electrons. The molecule has 7 nitrogen and oxygen atoms in total. The molecular formula is C20H19FN2O5. The van der Waals surface area contributed by atoms with Crippen LogP contribution in [-0.2, 0) is 19.7 Å². The number of ether oxygens (including phenoxy) is 1. The van der Waals surface area contributed by atoms with Crippen LogP contribution in [0.15, 0.2) is 48.5 Å². The Kier molecular flexibility index (Phi) is 5.67. The number of nitrogens with zero attached hydrogens (tertiary/aromatic N) is 1. The number of nitro groups is 1. The molecule has 1 fully saturated rings. The SMILES string of the molecule is O=C(COC(=O)C1(c2cccc(F)c2)CCCC1)Nc1ccccc1[N+](=O)[O-]. The van der Waals surface area contributed by atoms with E-state index in [1.807, 2.05) is 0 Å². The maximum Gasteiger partial charge on any atom is 0.317 e. The summed E-state index contributed by atoms with van der Waals surface area (Å²) in [6.45, 7) is -0.581. The lowest BCUT2D eigenvalue weighted by molar-refractivity contribution is -0.383. The quantitative estimate of drug-likeness (QED) is 0.463. The number of hydrogen-bond donors (Lipinski definition) is 1. The molecule has 2 aromatic rings. The molecule has 2 aromatic carbocycles. The van der Waals surface area contributed by atoms with Crippen molar-refractivity contribution >= 4 is 23.3 Å². The number of hydrogen-bond acceptors (Lipinski definition) is 5. The van der Waals surface area contributed by atoms with Crippen molar-refractivity contribution in [2.24, 2.45) is 0 Å². The molecule has 0 unspecified atom stereocenters. The third-order valence-corrected chi connectivity index (χ3v) is 4.93. The summed E-state index contributed by atoms with van der Waals surface area (Å²) in [6, 6.07) is 11.5. The Hall–Kier alpha value is -3.29. The molecule has 8 heteroatoms. The van der Waals surface area contributed by atoms with Gasteiger partial charge in [0, 0.05) is 6.07 Å². The molecule has 1 amide bonds. The highest BCUT2D eigenvalue weighted by Crippen LogP contribution is 2.42. The highest BCUT2D eigenvalue weighted by atomic mass is 19.1. The number of esters is 1. The second kappa shape index (κ2) is 8.16. The molecule has 1 aliphatic rings. The molecule has 146 valence electrons. The van der Waals surface area contributed by atoms with Crippen LogP contribution >= 0.6 is 0 Å².